The third-order valence-corrected chi connectivity index (χ3v) is 3.50. The Kier molecular flexibility index (Phi) is 6.25. The molecule has 0 aromatic heterocycles. The van der Waals surface area contributed by atoms with Gasteiger partial charge in [-0.25, -0.2) is 4.39 Å². The summed E-state index contributed by atoms with van der Waals surface area (Å²) >= 11 is 0. The summed E-state index contributed by atoms with van der Waals surface area (Å²) in [5.41, 5.74) is 6.41. The first-order valence-corrected chi connectivity index (χ1v) is 6.43. The Morgan fingerprint density at radius 2 is 2.11 bits per heavy atom. The van der Waals surface area contributed by atoms with Crippen LogP contribution in [0.1, 0.15) is 24.8 Å². The molecular formula is C14H20ClFN2O. The van der Waals surface area contributed by atoms with Crippen LogP contribution in [0.4, 0.5) is 4.39 Å². The maximum absolute atomic E-state index is 13.3. The fourth-order valence-electron chi connectivity index (χ4n) is 2.42. The predicted octanol–water partition coefficient (Wildman–Crippen LogP) is 2.03. The SMILES string of the molecule is Cl.NC1CCC(C(=O)NCCc2ccccc2F)C1. The van der Waals surface area contributed by atoms with Gasteiger partial charge in [0.25, 0.3) is 0 Å². The molecule has 106 valence electrons. The average molecular weight is 287 g/mol. The molecule has 1 fully saturated rings. The van der Waals surface area contributed by atoms with Crippen LogP contribution in [0.15, 0.2) is 24.3 Å². The summed E-state index contributed by atoms with van der Waals surface area (Å²) in [6, 6.07) is 6.81. The van der Waals surface area contributed by atoms with E-state index in [9.17, 15) is 9.18 Å². The first kappa shape index (κ1) is 15.9. The zero-order valence-corrected chi connectivity index (χ0v) is 11.6. The molecule has 1 aromatic rings. The molecule has 0 aliphatic heterocycles. The molecule has 1 aromatic carbocycles. The van der Waals surface area contributed by atoms with Crippen LogP contribution in [0.3, 0.4) is 0 Å². The Morgan fingerprint density at radius 1 is 1.37 bits per heavy atom. The lowest BCUT2D eigenvalue weighted by Gasteiger charge is -2.10. The van der Waals surface area contributed by atoms with Crippen LogP contribution in [0, 0.1) is 11.7 Å². The van der Waals surface area contributed by atoms with Crippen molar-refractivity contribution >= 4 is 18.3 Å². The second-order valence-corrected chi connectivity index (χ2v) is 4.90. The van der Waals surface area contributed by atoms with Gasteiger partial charge in [-0.3, -0.25) is 4.79 Å². The van der Waals surface area contributed by atoms with E-state index in [1.165, 1.54) is 6.07 Å². The van der Waals surface area contributed by atoms with Gasteiger partial charge >= 0.3 is 0 Å². The van der Waals surface area contributed by atoms with Crippen molar-refractivity contribution in [3.8, 4) is 0 Å². The maximum Gasteiger partial charge on any atom is 0.223 e. The van der Waals surface area contributed by atoms with Gasteiger partial charge < -0.3 is 11.1 Å². The van der Waals surface area contributed by atoms with Crippen molar-refractivity contribution in [2.24, 2.45) is 11.7 Å². The van der Waals surface area contributed by atoms with E-state index in [1.807, 2.05) is 0 Å². The molecule has 0 saturated heterocycles. The van der Waals surface area contributed by atoms with Crippen LogP contribution in [0.25, 0.3) is 0 Å². The number of nitrogens with two attached hydrogens (primary N) is 1. The van der Waals surface area contributed by atoms with E-state index in [0.29, 0.717) is 18.5 Å². The largest absolute Gasteiger partial charge is 0.356 e. The quantitative estimate of drug-likeness (QED) is 0.890. The van der Waals surface area contributed by atoms with Gasteiger partial charge in [-0.2, -0.15) is 0 Å². The molecule has 1 aliphatic carbocycles. The fourth-order valence-corrected chi connectivity index (χ4v) is 2.42. The molecule has 1 aliphatic rings. The summed E-state index contributed by atoms with van der Waals surface area (Å²) in [7, 11) is 0. The molecule has 19 heavy (non-hydrogen) atoms. The van der Waals surface area contributed by atoms with E-state index in [4.69, 9.17) is 5.73 Å². The lowest BCUT2D eigenvalue weighted by atomic mass is 10.1. The van der Waals surface area contributed by atoms with Crippen LogP contribution < -0.4 is 11.1 Å². The van der Waals surface area contributed by atoms with Gasteiger partial charge in [0.15, 0.2) is 0 Å². The number of benzene rings is 1. The number of hydrogen-bond donors (Lipinski definition) is 2. The van der Waals surface area contributed by atoms with E-state index in [2.05, 4.69) is 5.32 Å². The fraction of sp³-hybridized carbons (Fsp3) is 0.500. The third kappa shape index (κ3) is 4.48. The van der Waals surface area contributed by atoms with Crippen molar-refractivity contribution in [2.45, 2.75) is 31.7 Å². The molecule has 1 amide bonds. The van der Waals surface area contributed by atoms with Gasteiger partial charge in [-0.15, -0.1) is 12.4 Å². The van der Waals surface area contributed by atoms with Crippen LogP contribution in [0.5, 0.6) is 0 Å². The number of rotatable bonds is 4. The topological polar surface area (TPSA) is 55.1 Å². The molecular weight excluding hydrogens is 267 g/mol. The van der Waals surface area contributed by atoms with Crippen LogP contribution >= 0.6 is 12.4 Å². The summed E-state index contributed by atoms with van der Waals surface area (Å²) in [5.74, 6) is -0.116. The third-order valence-electron chi connectivity index (χ3n) is 3.50. The lowest BCUT2D eigenvalue weighted by Crippen LogP contribution is -2.32. The maximum atomic E-state index is 13.3. The molecule has 2 rings (SSSR count). The predicted molar refractivity (Wildman–Crippen MR) is 75.7 cm³/mol. The van der Waals surface area contributed by atoms with Crippen molar-refractivity contribution < 1.29 is 9.18 Å². The summed E-state index contributed by atoms with van der Waals surface area (Å²) in [5, 5.41) is 2.86. The van der Waals surface area contributed by atoms with Crippen molar-refractivity contribution in [1.82, 2.24) is 5.32 Å². The van der Waals surface area contributed by atoms with Crippen molar-refractivity contribution in [1.29, 1.82) is 0 Å². The van der Waals surface area contributed by atoms with Gasteiger partial charge in [-0.05, 0) is 37.3 Å². The Balaban J connectivity index is 0.00000180. The molecule has 2 unspecified atom stereocenters. The van der Waals surface area contributed by atoms with Crippen molar-refractivity contribution in [2.75, 3.05) is 6.54 Å². The molecule has 1 saturated carbocycles. The summed E-state index contributed by atoms with van der Waals surface area (Å²) in [6.07, 6.45) is 3.08. The number of halogens is 2. The number of hydrogen-bond acceptors (Lipinski definition) is 2. The van der Waals surface area contributed by atoms with Crippen LogP contribution in [0.2, 0.25) is 0 Å². The average Bonchev–Trinajstić information content (AvgIpc) is 2.78. The molecule has 0 bridgehead atoms. The lowest BCUT2D eigenvalue weighted by molar-refractivity contribution is -0.124. The smallest absolute Gasteiger partial charge is 0.223 e. The minimum atomic E-state index is -0.213. The monoisotopic (exact) mass is 286 g/mol. The van der Waals surface area contributed by atoms with E-state index >= 15 is 0 Å². The van der Waals surface area contributed by atoms with Crippen molar-refractivity contribution in [3.05, 3.63) is 35.6 Å². The minimum Gasteiger partial charge on any atom is -0.356 e. The van der Waals surface area contributed by atoms with E-state index < -0.39 is 0 Å². The van der Waals surface area contributed by atoms with E-state index in [-0.39, 0.29) is 36.1 Å². The molecule has 0 radical (unpaired) electrons. The summed E-state index contributed by atoms with van der Waals surface area (Å²) in [4.78, 5) is 11.8. The second kappa shape index (κ2) is 7.46. The Hall–Kier alpha value is -1.13. The summed E-state index contributed by atoms with van der Waals surface area (Å²) in [6.45, 7) is 0.478. The molecule has 5 heteroatoms. The highest BCUT2D eigenvalue weighted by atomic mass is 35.5. The van der Waals surface area contributed by atoms with Gasteiger partial charge in [0, 0.05) is 18.5 Å². The second-order valence-electron chi connectivity index (χ2n) is 4.90. The molecule has 3 N–H and O–H groups in total. The first-order valence-electron chi connectivity index (χ1n) is 6.43. The zero-order valence-electron chi connectivity index (χ0n) is 10.8. The summed E-state index contributed by atoms with van der Waals surface area (Å²) < 4.78 is 13.3. The van der Waals surface area contributed by atoms with Gasteiger partial charge in [0.1, 0.15) is 5.82 Å². The Bertz CT molecular complexity index is 428. The zero-order chi connectivity index (χ0) is 13.0. The molecule has 0 heterocycles. The van der Waals surface area contributed by atoms with Gasteiger partial charge in [-0.1, -0.05) is 18.2 Å². The van der Waals surface area contributed by atoms with Gasteiger partial charge in [0.05, 0.1) is 0 Å². The number of amides is 1. The minimum absolute atomic E-state index is 0. The standard InChI is InChI=1S/C14H19FN2O.ClH/c15-13-4-2-1-3-10(13)7-8-17-14(18)11-5-6-12(16)9-11;/h1-4,11-12H,5-9,16H2,(H,17,18);1H. The molecule has 0 spiro atoms. The Labute approximate surface area is 119 Å². The highest BCUT2D eigenvalue weighted by Crippen LogP contribution is 2.23. The Morgan fingerprint density at radius 3 is 2.74 bits per heavy atom. The highest BCUT2D eigenvalue weighted by Gasteiger charge is 2.27. The highest BCUT2D eigenvalue weighted by molar-refractivity contribution is 5.85. The number of carbonyl (C=O) groups is 1. The molecule has 3 nitrogen and oxygen atoms in total. The first-order chi connectivity index (χ1) is 8.66. The van der Waals surface area contributed by atoms with Crippen LogP contribution in [-0.2, 0) is 11.2 Å². The van der Waals surface area contributed by atoms with Crippen molar-refractivity contribution in [3.63, 3.8) is 0 Å². The number of carbonyl (C=O) groups excluding carboxylic acids is 1. The van der Waals surface area contributed by atoms with E-state index in [0.717, 1.165) is 19.3 Å². The van der Waals surface area contributed by atoms with Gasteiger partial charge in [0.2, 0.25) is 5.91 Å². The van der Waals surface area contributed by atoms with Crippen LogP contribution in [-0.4, -0.2) is 18.5 Å². The molecule has 2 atom stereocenters. The normalized spacial score (nSPS) is 21.8. The van der Waals surface area contributed by atoms with E-state index in [1.54, 1.807) is 18.2 Å². The number of nitrogens with one attached hydrogen (secondary N) is 1.